The molecule has 0 fully saturated rings. The molecule has 0 amide bonds. The van der Waals surface area contributed by atoms with Crippen molar-refractivity contribution in [2.24, 2.45) is 27.1 Å². The second kappa shape index (κ2) is 34.8. The molecule has 0 aliphatic rings. The van der Waals surface area contributed by atoms with Crippen LogP contribution < -0.4 is 0 Å². The van der Waals surface area contributed by atoms with Crippen molar-refractivity contribution in [3.05, 3.63) is 114 Å². The molecule has 0 aromatic carbocycles. The van der Waals surface area contributed by atoms with Crippen LogP contribution in [0.15, 0.2) is 114 Å². The summed E-state index contributed by atoms with van der Waals surface area (Å²) in [5.41, 5.74) is 7.12. The van der Waals surface area contributed by atoms with Gasteiger partial charge in [-0.1, -0.05) is 145 Å². The zero-order valence-corrected chi connectivity index (χ0v) is 41.3. The van der Waals surface area contributed by atoms with Gasteiger partial charge in [0.25, 0.3) is 0 Å². The summed E-state index contributed by atoms with van der Waals surface area (Å²) in [6, 6.07) is 7.70. The summed E-state index contributed by atoms with van der Waals surface area (Å²) in [5.74, 6) is 0. The summed E-state index contributed by atoms with van der Waals surface area (Å²) < 4.78 is 1.15. The highest BCUT2D eigenvalue weighted by molar-refractivity contribution is 7.17. The highest BCUT2D eigenvalue weighted by Gasteiger charge is 1.97. The Balaban J connectivity index is -0.000000271. The van der Waals surface area contributed by atoms with Crippen LogP contribution in [0.2, 0.25) is 0 Å². The largest absolute Gasteiger partial charge is 0.265 e. The summed E-state index contributed by atoms with van der Waals surface area (Å²) in [6.07, 6.45) is 17.0. The Bertz CT molecular complexity index is 1260. The van der Waals surface area contributed by atoms with E-state index < -0.39 is 0 Å². The zero-order chi connectivity index (χ0) is 44.2. The highest BCUT2D eigenvalue weighted by Crippen LogP contribution is 2.15. The van der Waals surface area contributed by atoms with Gasteiger partial charge in [0.1, 0.15) is 6.33 Å². The van der Waals surface area contributed by atoms with Crippen molar-refractivity contribution in [1.82, 2.24) is 34.9 Å². The van der Waals surface area contributed by atoms with E-state index in [2.05, 4.69) is 173 Å². The van der Waals surface area contributed by atoms with Crippen LogP contribution in [-0.2, 0) is 0 Å². The fraction of sp³-hybridized carbons (Fsp3) is 0.543. The molecule has 0 N–H and O–H groups in total. The van der Waals surface area contributed by atoms with E-state index in [4.69, 9.17) is 0 Å². The van der Waals surface area contributed by atoms with E-state index in [1.807, 2.05) is 46.6 Å². The van der Waals surface area contributed by atoms with Gasteiger partial charge in [0.15, 0.2) is 0 Å². The van der Waals surface area contributed by atoms with Crippen LogP contribution in [0, 0.1) is 27.1 Å². The number of pyridine rings is 1. The topological polar surface area (TPSA) is 90.2 Å². The molecule has 0 saturated heterocycles. The van der Waals surface area contributed by atoms with E-state index in [1.165, 1.54) is 0 Å². The molecule has 56 heavy (non-hydrogen) atoms. The summed E-state index contributed by atoms with van der Waals surface area (Å²) in [6.45, 7) is 43.8. The molecule has 6 rings (SSSR count). The van der Waals surface area contributed by atoms with Gasteiger partial charge in [-0.3, -0.25) is 24.9 Å². The molecule has 0 aliphatic carbocycles. The molecule has 0 atom stereocenters. The van der Waals surface area contributed by atoms with Crippen LogP contribution in [0.4, 0.5) is 0 Å². The molecule has 6 aromatic rings. The maximum absolute atomic E-state index is 4.04. The lowest BCUT2D eigenvalue weighted by Gasteiger charge is -2.05. The summed E-state index contributed by atoms with van der Waals surface area (Å²) in [7, 11) is 0. The van der Waals surface area contributed by atoms with Crippen molar-refractivity contribution >= 4 is 44.2 Å². The quantitative estimate of drug-likeness (QED) is 0.151. The monoisotopic (exact) mass is 826 g/mol. The van der Waals surface area contributed by atoms with Crippen LogP contribution in [-0.4, -0.2) is 34.9 Å². The first-order valence-electron chi connectivity index (χ1n) is 18.8. The van der Waals surface area contributed by atoms with Crippen LogP contribution in [0.5, 0.6) is 0 Å². The number of nitrogens with zero attached hydrogens (tertiary/aromatic N) is 7. The summed E-state index contributed by atoms with van der Waals surface area (Å²) >= 11 is 4.87. The molecule has 0 bridgehead atoms. The molecule has 0 spiro atoms. The van der Waals surface area contributed by atoms with Crippen molar-refractivity contribution in [1.29, 1.82) is 0 Å². The minimum atomic E-state index is 0.500. The predicted molar refractivity (Wildman–Crippen MR) is 254 cm³/mol. The molecule has 316 valence electrons. The van der Waals surface area contributed by atoms with E-state index in [-0.39, 0.29) is 0 Å². The normalized spacial score (nSPS) is 10.1. The fourth-order valence-corrected chi connectivity index (χ4v) is 3.04. The molecule has 0 aliphatic heterocycles. The smallest absolute Gasteiger partial charge is 0.116 e. The number of thiophene rings is 1. The van der Waals surface area contributed by atoms with Gasteiger partial charge in [0, 0.05) is 66.5 Å². The number of rotatable bonds is 0. The minimum absolute atomic E-state index is 0.500. The highest BCUT2D eigenvalue weighted by atomic mass is 32.1. The molecule has 10 heteroatoms. The summed E-state index contributed by atoms with van der Waals surface area (Å²) in [4.78, 5) is 26.6. The van der Waals surface area contributed by atoms with Crippen molar-refractivity contribution in [2.75, 3.05) is 0 Å². The average Bonchev–Trinajstić information content (AvgIpc) is 3.86. The third-order valence-corrected chi connectivity index (χ3v) is 4.75. The van der Waals surface area contributed by atoms with Crippen LogP contribution in [0.1, 0.15) is 138 Å². The number of hydrogen-bond acceptors (Lipinski definition) is 10. The molecule has 0 saturated carbocycles. The van der Waals surface area contributed by atoms with Gasteiger partial charge in [0.05, 0.1) is 21.2 Å². The number of fused-ring (bicyclic) bond motifs is 1. The predicted octanol–water partition coefficient (Wildman–Crippen LogP) is 15.8. The zero-order valence-electron chi connectivity index (χ0n) is 38.8. The van der Waals surface area contributed by atoms with Gasteiger partial charge in [-0.25, -0.2) is 9.97 Å². The Kier molecular flexibility index (Phi) is 36.8. The van der Waals surface area contributed by atoms with Crippen molar-refractivity contribution < 1.29 is 0 Å². The first-order chi connectivity index (χ1) is 25.5. The van der Waals surface area contributed by atoms with Gasteiger partial charge < -0.3 is 0 Å². The molecule has 7 nitrogen and oxygen atoms in total. The lowest BCUT2D eigenvalue weighted by molar-refractivity contribution is 0.469. The third-order valence-electron chi connectivity index (χ3n) is 2.87. The number of aromatic nitrogens is 7. The number of hydrogen-bond donors (Lipinski definition) is 0. The Morgan fingerprint density at radius 1 is 0.375 bits per heavy atom. The second-order valence-electron chi connectivity index (χ2n) is 20.0. The SMILES string of the molecule is CC(C)(C)C.CC(C)(C)C.CC(C)(C)C.CC(C)(C)C.CC(C)(C)C.c1ccncc1.c1cnccn1.c1cscn1.c1cscn1.c1ncc2sccc2n1. The first-order valence-corrected chi connectivity index (χ1v) is 21.6. The van der Waals surface area contributed by atoms with E-state index in [1.54, 1.807) is 101 Å². The Hall–Kier alpha value is -3.47. The standard InChI is InChI=1S/C6H4N2S.C5H5N.5C5H12.C4H4N2.2C3H3NS/c1-2-9-6-3-7-4-8-5(1)6;1-2-4-6-5-3-1;5*1-5(2,3)4;1-2-6-4-3-5-1;2*1-2-5-3-4-1/h1-4H;1-5H;5*1-4H3;1-4H;2*1-3H. The van der Waals surface area contributed by atoms with Gasteiger partial charge >= 0.3 is 0 Å². The minimum Gasteiger partial charge on any atom is -0.265 e. The van der Waals surface area contributed by atoms with Gasteiger partial charge in [-0.05, 0) is 50.7 Å². The van der Waals surface area contributed by atoms with Crippen LogP contribution in [0.25, 0.3) is 10.2 Å². The second-order valence-corrected chi connectivity index (χ2v) is 22.4. The molecule has 0 unspecified atom stereocenters. The Morgan fingerprint density at radius 2 is 0.714 bits per heavy atom. The van der Waals surface area contributed by atoms with E-state index in [0.717, 1.165) is 10.2 Å². The Labute approximate surface area is 356 Å². The van der Waals surface area contributed by atoms with Crippen LogP contribution >= 0.6 is 34.0 Å². The maximum Gasteiger partial charge on any atom is 0.116 e. The first kappa shape index (κ1) is 59.2. The van der Waals surface area contributed by atoms with Crippen molar-refractivity contribution in [3.8, 4) is 0 Å². The molecule has 6 aromatic heterocycles. The maximum atomic E-state index is 4.04. The lowest BCUT2D eigenvalue weighted by Crippen LogP contribution is -1.93. The Morgan fingerprint density at radius 3 is 0.911 bits per heavy atom. The lowest BCUT2D eigenvalue weighted by atomic mass is 10.0. The van der Waals surface area contributed by atoms with Gasteiger partial charge in [-0.2, -0.15) is 0 Å². The van der Waals surface area contributed by atoms with Crippen molar-refractivity contribution in [3.63, 3.8) is 0 Å². The van der Waals surface area contributed by atoms with Gasteiger partial charge in [0.2, 0.25) is 0 Å². The van der Waals surface area contributed by atoms with E-state index in [9.17, 15) is 0 Å². The number of thiazole rings is 2. The molecular formula is C46H79N7S3. The van der Waals surface area contributed by atoms with E-state index >= 15 is 0 Å². The van der Waals surface area contributed by atoms with Crippen LogP contribution in [0.3, 0.4) is 0 Å². The molecule has 6 heterocycles. The third kappa shape index (κ3) is 98.2. The molecular weight excluding hydrogens is 747 g/mol. The average molecular weight is 826 g/mol. The van der Waals surface area contributed by atoms with Crippen molar-refractivity contribution in [2.45, 2.75) is 138 Å². The fourth-order valence-electron chi connectivity index (χ4n) is 1.63. The van der Waals surface area contributed by atoms with Gasteiger partial charge in [-0.15, -0.1) is 34.0 Å². The molecule has 0 radical (unpaired) electrons. The summed E-state index contributed by atoms with van der Waals surface area (Å²) in [5, 5.41) is 5.87. The van der Waals surface area contributed by atoms with E-state index in [0.29, 0.717) is 27.1 Å².